The number of nitrogen functional groups attached to an aromatic ring is 1. The average Bonchev–Trinajstić information content (AvgIpc) is 2.82. The molecule has 0 saturated heterocycles. The number of rotatable bonds is 7. The maximum absolute atomic E-state index is 13.4. The Labute approximate surface area is 206 Å². The van der Waals surface area contributed by atoms with Gasteiger partial charge in [0.2, 0.25) is 0 Å². The van der Waals surface area contributed by atoms with Crippen LogP contribution in [0.4, 0.5) is 20.3 Å². The van der Waals surface area contributed by atoms with Gasteiger partial charge in [-0.2, -0.15) is 13.8 Å². The van der Waals surface area contributed by atoms with E-state index in [1.54, 1.807) is 18.2 Å². The quantitative estimate of drug-likeness (QED) is 0.495. The predicted molar refractivity (Wildman–Crippen MR) is 133 cm³/mol. The van der Waals surface area contributed by atoms with E-state index in [1.165, 1.54) is 29.8 Å². The van der Waals surface area contributed by atoms with Crippen molar-refractivity contribution in [3.63, 3.8) is 0 Å². The van der Waals surface area contributed by atoms with Crippen LogP contribution in [0, 0.1) is 5.92 Å². The second-order valence-corrected chi connectivity index (χ2v) is 8.88. The summed E-state index contributed by atoms with van der Waals surface area (Å²) in [5, 5.41) is 0. The van der Waals surface area contributed by atoms with E-state index in [1.807, 2.05) is 19.1 Å². The molecule has 0 radical (unpaired) electrons. The summed E-state index contributed by atoms with van der Waals surface area (Å²) in [4.78, 5) is 30.5. The molecule has 2 heterocycles. The second kappa shape index (κ2) is 9.96. The van der Waals surface area contributed by atoms with E-state index < -0.39 is 17.4 Å². The van der Waals surface area contributed by atoms with Gasteiger partial charge in [0.15, 0.2) is 5.90 Å². The summed E-state index contributed by atoms with van der Waals surface area (Å²) in [7, 11) is 1.46. The molecule has 3 aromatic rings. The van der Waals surface area contributed by atoms with Crippen molar-refractivity contribution in [2.45, 2.75) is 45.8 Å². The number of nitrogens with two attached hydrogens (primary N) is 1. The maximum atomic E-state index is 13.4. The first-order valence-electron chi connectivity index (χ1n) is 11.7. The lowest BCUT2D eigenvalue weighted by Gasteiger charge is -2.26. The van der Waals surface area contributed by atoms with Crippen LogP contribution in [0.15, 0.2) is 63.1 Å². The molecule has 0 saturated carbocycles. The van der Waals surface area contributed by atoms with Crippen molar-refractivity contribution in [1.29, 1.82) is 0 Å². The van der Waals surface area contributed by atoms with Gasteiger partial charge in [0.1, 0.15) is 17.3 Å². The van der Waals surface area contributed by atoms with Crippen molar-refractivity contribution >= 4 is 17.4 Å². The zero-order valence-electron chi connectivity index (χ0n) is 20.3. The molecule has 0 bridgehead atoms. The first-order valence-corrected chi connectivity index (χ1v) is 11.7. The third kappa shape index (κ3) is 5.48. The molecule has 4 rings (SSSR count). The van der Waals surface area contributed by atoms with E-state index in [-0.39, 0.29) is 29.1 Å². The Hall–Kier alpha value is -3.95. The van der Waals surface area contributed by atoms with Crippen LogP contribution in [0.2, 0.25) is 0 Å². The van der Waals surface area contributed by atoms with Gasteiger partial charge < -0.3 is 15.2 Å². The summed E-state index contributed by atoms with van der Waals surface area (Å²) in [6.07, 6.45) is -1.92. The molecule has 1 aliphatic rings. The van der Waals surface area contributed by atoms with Crippen LogP contribution in [-0.4, -0.2) is 21.1 Å². The lowest BCUT2D eigenvalue weighted by molar-refractivity contribution is -0.158. The van der Waals surface area contributed by atoms with Gasteiger partial charge in [-0.15, -0.1) is 0 Å². The molecule has 1 unspecified atom stereocenters. The number of aliphatic imine (C=N–C) groups is 1. The number of hydrogen-bond donors (Lipinski definition) is 1. The van der Waals surface area contributed by atoms with Gasteiger partial charge in [0, 0.05) is 38.2 Å². The van der Waals surface area contributed by atoms with Crippen molar-refractivity contribution in [3.05, 3.63) is 80.5 Å². The van der Waals surface area contributed by atoms with Crippen molar-refractivity contribution in [3.8, 4) is 11.5 Å². The third-order valence-electron chi connectivity index (χ3n) is 5.86. The topological polar surface area (TPSA) is 101 Å². The highest BCUT2D eigenvalue weighted by atomic mass is 19.3. The Balaban J connectivity index is 1.79. The highest BCUT2D eigenvalue weighted by molar-refractivity contribution is 5.86. The Morgan fingerprint density at radius 3 is 2.50 bits per heavy atom. The van der Waals surface area contributed by atoms with Gasteiger partial charge in [-0.05, 0) is 49.1 Å². The number of alkyl halides is 2. The standard InChI is InChI=1S/C26H28F2N4O4/c1-4-12-32-22-21(24(33)31(3)25(32)34)14-17(13-16-8-10-18(29)11-9-16)23(30-22)35-19-6-5-7-20(15-19)36-26(2,27)28/h5-11,15,17H,4,12-14,29H2,1-3H3. The van der Waals surface area contributed by atoms with Crippen LogP contribution in [-0.2, 0) is 26.4 Å². The van der Waals surface area contributed by atoms with Gasteiger partial charge >= 0.3 is 11.8 Å². The van der Waals surface area contributed by atoms with E-state index in [4.69, 9.17) is 10.5 Å². The number of hydrogen-bond acceptors (Lipinski definition) is 6. The van der Waals surface area contributed by atoms with Crippen molar-refractivity contribution in [1.82, 2.24) is 9.13 Å². The van der Waals surface area contributed by atoms with Crippen LogP contribution >= 0.6 is 0 Å². The Morgan fingerprint density at radius 2 is 1.83 bits per heavy atom. The fraction of sp³-hybridized carbons (Fsp3) is 0.346. The first kappa shape index (κ1) is 25.2. The fourth-order valence-electron chi connectivity index (χ4n) is 4.21. The molecule has 0 aliphatic carbocycles. The van der Waals surface area contributed by atoms with Gasteiger partial charge in [0.25, 0.3) is 5.56 Å². The number of fused-ring (bicyclic) bond motifs is 1. The van der Waals surface area contributed by atoms with Gasteiger partial charge in [0.05, 0.1) is 5.56 Å². The minimum Gasteiger partial charge on any atom is -0.442 e. The zero-order valence-corrected chi connectivity index (χ0v) is 20.3. The summed E-state index contributed by atoms with van der Waals surface area (Å²) in [6, 6.07) is 13.2. The molecule has 0 spiro atoms. The van der Waals surface area contributed by atoms with Crippen LogP contribution in [0.3, 0.4) is 0 Å². The molecule has 190 valence electrons. The fourth-order valence-corrected chi connectivity index (χ4v) is 4.21. The highest BCUT2D eigenvalue weighted by Crippen LogP contribution is 2.31. The molecule has 0 amide bonds. The monoisotopic (exact) mass is 498 g/mol. The molecule has 2 aromatic carbocycles. The first-order chi connectivity index (χ1) is 17.1. The molecule has 8 nitrogen and oxygen atoms in total. The molecule has 36 heavy (non-hydrogen) atoms. The molecular weight excluding hydrogens is 470 g/mol. The smallest absolute Gasteiger partial charge is 0.394 e. The summed E-state index contributed by atoms with van der Waals surface area (Å²) >= 11 is 0. The highest BCUT2D eigenvalue weighted by Gasteiger charge is 2.31. The number of benzene rings is 2. The summed E-state index contributed by atoms with van der Waals surface area (Å²) in [6.45, 7) is 2.95. The molecule has 2 N–H and O–H groups in total. The van der Waals surface area contributed by atoms with E-state index in [0.717, 1.165) is 10.1 Å². The predicted octanol–water partition coefficient (Wildman–Crippen LogP) is 4.05. The minimum absolute atomic E-state index is 0.0661. The van der Waals surface area contributed by atoms with Crippen LogP contribution in [0.25, 0.3) is 0 Å². The zero-order chi connectivity index (χ0) is 26.0. The number of halogens is 2. The summed E-state index contributed by atoms with van der Waals surface area (Å²) in [5.41, 5.74) is 6.97. The Kier molecular flexibility index (Phi) is 6.96. The number of ether oxygens (including phenoxy) is 2. The summed E-state index contributed by atoms with van der Waals surface area (Å²) < 4.78 is 40.0. The molecule has 10 heteroatoms. The van der Waals surface area contributed by atoms with Gasteiger partial charge in [-0.25, -0.2) is 4.79 Å². The maximum Gasteiger partial charge on any atom is 0.394 e. The second-order valence-electron chi connectivity index (χ2n) is 8.88. The summed E-state index contributed by atoms with van der Waals surface area (Å²) in [5.74, 6) is 0.370. The average molecular weight is 499 g/mol. The Morgan fingerprint density at radius 1 is 1.14 bits per heavy atom. The van der Waals surface area contributed by atoms with Crippen LogP contribution in [0.1, 0.15) is 31.4 Å². The minimum atomic E-state index is -3.35. The van der Waals surface area contributed by atoms with Gasteiger partial charge in [-0.1, -0.05) is 25.1 Å². The van der Waals surface area contributed by atoms with E-state index in [0.29, 0.717) is 44.0 Å². The normalized spacial score (nSPS) is 15.2. The van der Waals surface area contributed by atoms with E-state index >= 15 is 0 Å². The molecular formula is C26H28F2N4O4. The van der Waals surface area contributed by atoms with Crippen LogP contribution < -0.4 is 26.5 Å². The van der Waals surface area contributed by atoms with Crippen molar-refractivity contribution in [2.75, 3.05) is 5.73 Å². The molecule has 1 aliphatic heterocycles. The molecule has 1 aromatic heterocycles. The van der Waals surface area contributed by atoms with Crippen molar-refractivity contribution < 1.29 is 18.3 Å². The number of aromatic nitrogens is 2. The number of nitrogens with zero attached hydrogens (tertiary/aromatic N) is 3. The molecule has 0 fully saturated rings. The van der Waals surface area contributed by atoms with Crippen molar-refractivity contribution in [2.24, 2.45) is 18.0 Å². The van der Waals surface area contributed by atoms with Gasteiger partial charge in [-0.3, -0.25) is 13.9 Å². The lowest BCUT2D eigenvalue weighted by atomic mass is 9.90. The molecule has 1 atom stereocenters. The third-order valence-corrected chi connectivity index (χ3v) is 5.86. The Bertz CT molecular complexity index is 1410. The van der Waals surface area contributed by atoms with E-state index in [9.17, 15) is 18.4 Å². The SMILES string of the molecule is CCCn1c2c(c(=O)n(C)c1=O)CC(Cc1ccc(N)cc1)C(Oc1cccc(OC(C)(F)F)c1)=N2. The lowest BCUT2D eigenvalue weighted by Crippen LogP contribution is -2.43. The van der Waals surface area contributed by atoms with E-state index in [2.05, 4.69) is 9.73 Å². The largest absolute Gasteiger partial charge is 0.442 e. The number of anilines is 1. The van der Waals surface area contributed by atoms with Crippen LogP contribution in [0.5, 0.6) is 11.5 Å².